The number of amides is 1. The van der Waals surface area contributed by atoms with Crippen molar-refractivity contribution in [2.75, 3.05) is 45.1 Å². The van der Waals surface area contributed by atoms with Gasteiger partial charge in [-0.15, -0.1) is 0 Å². The first-order chi connectivity index (χ1) is 52.9. The molecule has 0 aromatic heterocycles. The average Bonchev–Trinajstić information content (AvgIpc) is 1.39. The number of carboxylic acid groups (broad SMARTS) is 3. The summed E-state index contributed by atoms with van der Waals surface area (Å²) in [5, 5.41) is 56.3. The van der Waals surface area contributed by atoms with Crippen molar-refractivity contribution in [3.8, 4) is 5.75 Å². The number of rotatable bonds is 40. The molecule has 13 unspecified atom stereocenters. The molecule has 5 aliphatic rings. The van der Waals surface area contributed by atoms with E-state index in [-0.39, 0.29) is 167 Å². The van der Waals surface area contributed by atoms with Crippen LogP contribution in [0.3, 0.4) is 0 Å². The van der Waals surface area contributed by atoms with Crippen molar-refractivity contribution in [3.05, 3.63) is 88.9 Å². The lowest BCUT2D eigenvalue weighted by Crippen LogP contribution is -2.51. The van der Waals surface area contributed by atoms with E-state index in [0.29, 0.717) is 11.2 Å². The Morgan fingerprint density at radius 2 is 1.14 bits per heavy atom. The number of Topliss-reactive ketones (excluding diaryl/α,β-unsaturated/α-hetero) is 5. The van der Waals surface area contributed by atoms with Gasteiger partial charge in [0.05, 0.1) is 52.0 Å². The van der Waals surface area contributed by atoms with Gasteiger partial charge >= 0.3 is 41.8 Å². The van der Waals surface area contributed by atoms with Crippen LogP contribution in [0.4, 0.5) is 0 Å². The van der Waals surface area contributed by atoms with Crippen molar-refractivity contribution in [1.29, 1.82) is 0 Å². The van der Waals surface area contributed by atoms with Crippen LogP contribution in [0.5, 0.6) is 5.75 Å². The molecule has 1 heterocycles. The molecule has 624 valence electrons. The molecule has 0 bridgehead atoms. The number of carbonyl (C=O) groups is 14. The summed E-state index contributed by atoms with van der Waals surface area (Å²) in [4.78, 5) is 156. The predicted molar refractivity (Wildman–Crippen MR) is 413 cm³/mol. The first kappa shape index (κ1) is 97.5. The number of thioether (sulfide) groups is 1. The van der Waals surface area contributed by atoms with Gasteiger partial charge in [-0.3, -0.25) is 57.5 Å². The van der Waals surface area contributed by atoms with E-state index in [1.165, 1.54) is 51.4 Å². The maximum Gasteiger partial charge on any atom is 0.377 e. The summed E-state index contributed by atoms with van der Waals surface area (Å²) in [7, 11) is 0. The number of aliphatic hydroxyl groups excluding tert-OH is 3. The first-order valence-electron chi connectivity index (χ1n) is 38.0. The number of esters is 4. The van der Waals surface area contributed by atoms with Crippen LogP contribution in [0.25, 0.3) is 0 Å². The van der Waals surface area contributed by atoms with Gasteiger partial charge < -0.3 is 95.0 Å². The Balaban J connectivity index is 0.000000377. The molecule has 3 saturated carbocycles. The lowest BCUT2D eigenvalue weighted by molar-refractivity contribution is -0.155. The van der Waals surface area contributed by atoms with Gasteiger partial charge in [-0.25, -0.2) is 9.59 Å². The SMILES string of the molecule is CC(C)CCCC(C)C1CCC2C3CC=C4CC(OC(=O)CCC(=O)CN)CCC4(C)C3CCC12C.NCC(=O)CCC(=O)NC(Cc1ccccc1)C(=O)O.NCC(=O)CCC(=O)OCC(O)C1OC(=O)C(O)=C1O.NCC(=O)CCC(=O)Oc1ccc(CC(N)C(=O)O)cc1.NCC(=O)CCC(=O)SCC(N)C(=O)O. The minimum Gasteiger partial charge on any atom is -0.505 e. The summed E-state index contributed by atoms with van der Waals surface area (Å²) in [5.74, 6) is -3.89. The number of hydrogen-bond donors (Lipinski definition) is 14. The summed E-state index contributed by atoms with van der Waals surface area (Å²) >= 11 is 0.828. The van der Waals surface area contributed by atoms with Gasteiger partial charge in [0.25, 0.3) is 0 Å². The van der Waals surface area contributed by atoms with Gasteiger partial charge in [0.2, 0.25) is 11.7 Å². The highest BCUT2D eigenvalue weighted by atomic mass is 32.2. The smallest absolute Gasteiger partial charge is 0.377 e. The summed E-state index contributed by atoms with van der Waals surface area (Å²) in [6, 6.07) is 12.4. The van der Waals surface area contributed by atoms with E-state index < -0.39 is 90.2 Å². The molecule has 21 N–H and O–H groups in total. The van der Waals surface area contributed by atoms with Gasteiger partial charge in [-0.05, 0) is 121 Å². The Kier molecular flexibility index (Phi) is 43.3. The molecule has 0 spiro atoms. The molecule has 13 atom stereocenters. The number of hydrogen-bond acceptors (Lipinski definition) is 29. The molecular formula is C79H118N8O24S. The third kappa shape index (κ3) is 33.6. The zero-order valence-electron chi connectivity index (χ0n) is 64.9. The predicted octanol–water partition coefficient (Wildman–Crippen LogP) is 4.63. The molecule has 3 fully saturated rings. The van der Waals surface area contributed by atoms with Crippen LogP contribution in [0.1, 0.15) is 181 Å². The topological polar surface area (TPSA) is 591 Å². The van der Waals surface area contributed by atoms with Crippen LogP contribution in [0.15, 0.2) is 77.8 Å². The number of benzene rings is 2. The quantitative estimate of drug-likeness (QED) is 0.0187. The Hall–Kier alpha value is -8.67. The largest absolute Gasteiger partial charge is 0.505 e. The number of aliphatic carboxylic acids is 3. The number of nitrogens with one attached hydrogen (secondary N) is 1. The van der Waals surface area contributed by atoms with E-state index in [9.17, 15) is 77.3 Å². The van der Waals surface area contributed by atoms with Crippen LogP contribution in [0, 0.1) is 46.3 Å². The van der Waals surface area contributed by atoms with Gasteiger partial charge in [0.15, 0.2) is 17.0 Å². The number of nitrogens with two attached hydrogens (primary N) is 7. The monoisotopic (exact) mass is 1590 g/mol. The highest BCUT2D eigenvalue weighted by molar-refractivity contribution is 8.13. The molecule has 1 amide bonds. The van der Waals surface area contributed by atoms with Crippen molar-refractivity contribution in [3.63, 3.8) is 0 Å². The van der Waals surface area contributed by atoms with Crippen molar-refractivity contribution >= 4 is 93.5 Å². The average molecular weight is 1600 g/mol. The molecule has 4 aliphatic carbocycles. The van der Waals surface area contributed by atoms with Crippen LogP contribution >= 0.6 is 11.8 Å². The zero-order valence-corrected chi connectivity index (χ0v) is 65.7. The molecule has 112 heavy (non-hydrogen) atoms. The first-order valence-corrected chi connectivity index (χ1v) is 39.0. The number of aliphatic hydroxyl groups is 3. The van der Waals surface area contributed by atoms with Crippen molar-refractivity contribution < 1.29 is 117 Å². The molecule has 33 heteroatoms. The Bertz CT molecular complexity index is 3560. The van der Waals surface area contributed by atoms with E-state index in [0.717, 1.165) is 77.7 Å². The maximum atomic E-state index is 12.3. The number of ether oxygens (including phenoxy) is 4. The van der Waals surface area contributed by atoms with Crippen LogP contribution in [-0.2, 0) is 94.2 Å². The second-order valence-corrected chi connectivity index (χ2v) is 30.8. The van der Waals surface area contributed by atoms with Crippen LogP contribution in [-0.4, -0.2) is 194 Å². The Morgan fingerprint density at radius 3 is 1.67 bits per heavy atom. The van der Waals surface area contributed by atoms with Crippen molar-refractivity contribution in [2.45, 2.75) is 219 Å². The second kappa shape index (κ2) is 49.7. The fraction of sp³-hybridized carbons (Fsp3) is 0.620. The number of carbonyl (C=O) groups excluding carboxylic acids is 11. The molecule has 2 aromatic carbocycles. The van der Waals surface area contributed by atoms with E-state index >= 15 is 0 Å². The third-order valence-corrected chi connectivity index (χ3v) is 22.1. The molecule has 2 aromatic rings. The molecular weight excluding hydrogens is 1480 g/mol. The lowest BCUT2D eigenvalue weighted by atomic mass is 9.47. The summed E-state index contributed by atoms with van der Waals surface area (Å²) in [6.07, 6.45) is 14.2. The molecule has 32 nitrogen and oxygen atoms in total. The van der Waals surface area contributed by atoms with E-state index in [4.69, 9.17) is 70.0 Å². The van der Waals surface area contributed by atoms with Crippen molar-refractivity contribution in [1.82, 2.24) is 5.32 Å². The van der Waals surface area contributed by atoms with E-state index in [2.05, 4.69) is 55.5 Å². The second-order valence-electron chi connectivity index (χ2n) is 29.7. The number of ketones is 5. The van der Waals surface area contributed by atoms with Gasteiger partial charge in [-0.2, -0.15) is 0 Å². The molecule has 7 rings (SSSR count). The standard InChI is InChI=1S/C32H53NO3.C14H18N2O5.C14H18N2O4.C11H15NO8.C8H14N2O4S/c1-21(2)7-6-8-22(3)27-12-13-28-26-11-9-23-19-25(36-30(35)14-10-24(34)20-33)15-17-31(23,4)29(26)16-18-32(27,28)5;15-8-10(17)3-6-13(18)21-11-4-1-9(2-5-11)7-12(16)14(19)20;15-9-11(17)6-7-13(18)16-12(14(19)20)8-10-4-2-1-3-5-10;12-3-5(13)1-2-7(15)19-4-6(14)10-8(16)9(17)11(18)20-10;9-3-5(11)1-2-7(12)15-4-6(10)8(13)14/h9,21-22,25-29H,6-8,10-20,33H2,1-5H3;1-2,4-5,12H,3,6-8,15-16H2,(H,19,20);1-5,12H,6-9,15H2,(H,16,18)(H,19,20);6,10,14,16-17H,1-4,12H2;6H,1-4,9-10H2,(H,13,14). The zero-order chi connectivity index (χ0) is 84.0. The minimum atomic E-state index is -1.53. The summed E-state index contributed by atoms with van der Waals surface area (Å²) in [5.41, 5.74) is 40.2. The fourth-order valence-corrected chi connectivity index (χ4v) is 15.4. The van der Waals surface area contributed by atoms with E-state index in [1.54, 1.807) is 54.1 Å². The highest BCUT2D eigenvalue weighted by Crippen LogP contribution is 2.67. The van der Waals surface area contributed by atoms with Gasteiger partial charge in [0, 0.05) is 63.5 Å². The number of allylic oxidation sites excluding steroid dienone is 1. The number of fused-ring (bicyclic) bond motifs is 5. The van der Waals surface area contributed by atoms with Gasteiger partial charge in [0.1, 0.15) is 71.6 Å². The molecule has 0 radical (unpaired) electrons. The lowest BCUT2D eigenvalue weighted by Gasteiger charge is -2.58. The van der Waals surface area contributed by atoms with Crippen LogP contribution in [0.2, 0.25) is 0 Å². The Morgan fingerprint density at radius 1 is 0.607 bits per heavy atom. The maximum absolute atomic E-state index is 12.3. The van der Waals surface area contributed by atoms with Crippen molar-refractivity contribution in [2.24, 2.45) is 86.5 Å². The minimum absolute atomic E-state index is 0.00232. The Labute approximate surface area is 657 Å². The summed E-state index contributed by atoms with van der Waals surface area (Å²) < 4.78 is 20.0. The molecule has 1 aliphatic heterocycles. The highest BCUT2D eigenvalue weighted by Gasteiger charge is 2.59. The number of cyclic esters (lactones) is 1. The van der Waals surface area contributed by atoms with Gasteiger partial charge in [-0.1, -0.05) is 120 Å². The number of carboxylic acids is 3. The fourth-order valence-electron chi connectivity index (χ4n) is 14.7. The third-order valence-electron chi connectivity index (χ3n) is 21.0. The summed E-state index contributed by atoms with van der Waals surface area (Å²) in [6.45, 7) is 11.4. The molecule has 0 saturated heterocycles. The van der Waals surface area contributed by atoms with Crippen LogP contribution < -0.4 is 50.2 Å². The normalized spacial score (nSPS) is 21.8. The van der Waals surface area contributed by atoms with E-state index in [1.807, 2.05) is 6.07 Å².